The molecule has 0 aliphatic rings. The fourth-order valence-corrected chi connectivity index (χ4v) is 19.9. The third-order valence-corrected chi connectivity index (χ3v) is 26.1. The summed E-state index contributed by atoms with van der Waals surface area (Å²) in [5.41, 5.74) is 2.93. The molecule has 0 bridgehead atoms. The summed E-state index contributed by atoms with van der Waals surface area (Å²) in [6.07, 6.45) is 45.2. The molecule has 6 rings (SSSR count). The van der Waals surface area contributed by atoms with E-state index in [2.05, 4.69) is 116 Å². The molecule has 0 aromatic carbocycles. The van der Waals surface area contributed by atoms with Crippen LogP contribution in [0.3, 0.4) is 0 Å². The van der Waals surface area contributed by atoms with Gasteiger partial charge in [0.1, 0.15) is 35.4 Å². The van der Waals surface area contributed by atoms with Crippen molar-refractivity contribution in [3.05, 3.63) is 66.3 Å². The van der Waals surface area contributed by atoms with Gasteiger partial charge >= 0.3 is 0 Å². The first-order valence-corrected chi connectivity index (χ1v) is 37.8. The number of fused-ring (bicyclic) bond motifs is 1. The van der Waals surface area contributed by atoms with Crippen molar-refractivity contribution in [1.82, 2.24) is 0 Å². The number of unbranched alkanes of at least 4 members (excludes halogenated alkanes) is 27. The Hall–Kier alpha value is -3.84. The second-order valence-corrected chi connectivity index (χ2v) is 31.0. The Morgan fingerprint density at radius 3 is 1.16 bits per heavy atom. The average Bonchev–Trinajstić information content (AvgIpc) is 4.28. The Balaban J connectivity index is 1.27. The number of nitrogens with zero attached hydrogens (tertiary/aromatic N) is 4. The number of thiophene rings is 6. The molecule has 0 aliphatic heterocycles. The zero-order valence-corrected chi connectivity index (χ0v) is 57.4. The van der Waals surface area contributed by atoms with E-state index in [9.17, 15) is 21.0 Å². The van der Waals surface area contributed by atoms with Gasteiger partial charge in [0.15, 0.2) is 0 Å². The Labute approximate surface area is 527 Å². The van der Waals surface area contributed by atoms with Crippen molar-refractivity contribution in [2.24, 2.45) is 0 Å². The van der Waals surface area contributed by atoms with Gasteiger partial charge in [-0.3, -0.25) is 0 Å². The molecule has 0 aliphatic carbocycles. The topological polar surface area (TPSA) is 95.2 Å². The molecule has 6 aromatic heterocycles. The van der Waals surface area contributed by atoms with Gasteiger partial charge in [0, 0.05) is 60.1 Å². The normalized spacial score (nSPS) is 11.8. The van der Waals surface area contributed by atoms with Crippen LogP contribution in [0.1, 0.15) is 288 Å². The highest BCUT2D eigenvalue weighted by Crippen LogP contribution is 2.50. The maximum Gasteiger partial charge on any atom is 0.147 e. The van der Waals surface area contributed by atoms with Crippen molar-refractivity contribution >= 4 is 89.9 Å². The van der Waals surface area contributed by atoms with Gasteiger partial charge in [0.2, 0.25) is 0 Å². The molecule has 0 saturated heterocycles. The molecule has 0 saturated carbocycles. The van der Waals surface area contributed by atoms with Crippen LogP contribution < -0.4 is 9.06 Å². The lowest BCUT2D eigenvalue weighted by atomic mass is 9.83. The molecule has 0 N–H and O–H groups in total. The summed E-state index contributed by atoms with van der Waals surface area (Å²) in [4.78, 5) is 12.6. The summed E-state index contributed by atoms with van der Waals surface area (Å²) in [6, 6.07) is 23.3. The quantitative estimate of drug-likeness (QED) is 0.0357. The predicted molar refractivity (Wildman–Crippen MR) is 370 cm³/mol. The summed E-state index contributed by atoms with van der Waals surface area (Å²) in [5, 5.41) is 43.5. The van der Waals surface area contributed by atoms with Crippen molar-refractivity contribution < 1.29 is 0 Å². The van der Waals surface area contributed by atoms with Crippen molar-refractivity contribution in [3.63, 3.8) is 0 Å². The van der Waals surface area contributed by atoms with Crippen LogP contribution in [-0.2, 0) is 23.7 Å². The highest BCUT2D eigenvalue weighted by Gasteiger charge is 2.31. The molecular formula is C73H100N4S6. The fourth-order valence-electron chi connectivity index (χ4n) is 11.9. The molecule has 6 heterocycles. The summed E-state index contributed by atoms with van der Waals surface area (Å²) >= 11 is 10.7. The van der Waals surface area contributed by atoms with Crippen molar-refractivity contribution in [3.8, 4) is 63.3 Å². The molecule has 448 valence electrons. The maximum atomic E-state index is 10.5. The first kappa shape index (κ1) is 68.3. The highest BCUT2D eigenvalue weighted by atomic mass is 32.1. The van der Waals surface area contributed by atoms with Crippen LogP contribution in [0.5, 0.6) is 0 Å². The van der Waals surface area contributed by atoms with Gasteiger partial charge in [-0.05, 0) is 97.9 Å². The van der Waals surface area contributed by atoms with Crippen molar-refractivity contribution in [2.45, 2.75) is 291 Å². The Bertz CT molecular complexity index is 3130. The van der Waals surface area contributed by atoms with Crippen LogP contribution in [0.15, 0.2) is 36.4 Å². The maximum absolute atomic E-state index is 10.5. The summed E-state index contributed by atoms with van der Waals surface area (Å²) in [7, 11) is 0. The zero-order valence-electron chi connectivity index (χ0n) is 52.5. The standard InChI is InChI=1S/C73H100N4S6/c1-9-14-17-19-21-23-25-27-29-31-33-35-37-39-41-54-48-62(70-64-65(69(82-70)57(52-76)53-77)71(72(6,7)47-16-11-3)83-68(64)56(50-74)51-75)80-66(54)60-45-43-58(78-60)59-44-46-61(79-59)67-55(49-63(81-67)73(8,12-4)13-5)42-40-38-36-34-32-30-28-26-24-22-20-18-15-10-2/h43-46,48-49H,9-42,47H2,1-8H3. The van der Waals surface area contributed by atoms with E-state index in [1.165, 1.54) is 241 Å². The molecule has 10 heteroatoms. The van der Waals surface area contributed by atoms with Gasteiger partial charge < -0.3 is 0 Å². The SMILES string of the molecule is CCCCCCCCCCCCCCCCc1cc(-c2sc(=C(C#N)C#N)c3c(C(C)(C)CCCC)sc(=C(C#N)C#N)c23)sc1-c1ccc(-c2ccc(-c3sc(C(C)(CC)CC)cc3CCCCCCCCCCCCCCCC)s2)s1. The van der Waals surface area contributed by atoms with Crippen LogP contribution in [0.4, 0.5) is 0 Å². The third kappa shape index (κ3) is 19.3. The minimum Gasteiger partial charge on any atom is -0.192 e. The summed E-state index contributed by atoms with van der Waals surface area (Å²) in [6.45, 7) is 18.4. The molecular weight excluding hydrogens is 1130 g/mol. The van der Waals surface area contributed by atoms with Gasteiger partial charge in [-0.1, -0.05) is 235 Å². The molecule has 0 unspecified atom stereocenters. The van der Waals surface area contributed by atoms with E-state index >= 15 is 0 Å². The largest absolute Gasteiger partial charge is 0.192 e. The summed E-state index contributed by atoms with van der Waals surface area (Å²) < 4.78 is 1.31. The monoisotopic (exact) mass is 1220 g/mol. The van der Waals surface area contributed by atoms with Gasteiger partial charge in [-0.25, -0.2) is 0 Å². The number of hydrogen-bond donors (Lipinski definition) is 0. The van der Waals surface area contributed by atoms with Crippen molar-refractivity contribution in [2.75, 3.05) is 0 Å². The van der Waals surface area contributed by atoms with E-state index in [1.807, 2.05) is 34.0 Å². The lowest BCUT2D eigenvalue weighted by Crippen LogP contribution is -2.17. The van der Waals surface area contributed by atoms with Gasteiger partial charge in [0.05, 0.1) is 13.9 Å². The van der Waals surface area contributed by atoms with E-state index in [4.69, 9.17) is 0 Å². The van der Waals surface area contributed by atoms with Crippen LogP contribution in [0.25, 0.3) is 60.9 Å². The fraction of sp³-hybridized carbons (Fsp3) is 0.616. The van der Waals surface area contributed by atoms with Crippen LogP contribution >= 0.6 is 68.0 Å². The Kier molecular flexibility index (Phi) is 29.9. The van der Waals surface area contributed by atoms with Crippen molar-refractivity contribution in [1.29, 1.82) is 21.0 Å². The second-order valence-electron chi connectivity index (χ2n) is 24.7. The number of nitriles is 4. The van der Waals surface area contributed by atoms with Gasteiger partial charge in [0.25, 0.3) is 0 Å². The predicted octanol–water partition coefficient (Wildman–Crippen LogP) is 24.9. The first-order valence-electron chi connectivity index (χ1n) is 32.9. The molecule has 6 aromatic rings. The number of rotatable bonds is 41. The Morgan fingerprint density at radius 2 is 0.747 bits per heavy atom. The van der Waals surface area contributed by atoms with Crippen LogP contribution in [0.2, 0.25) is 0 Å². The Morgan fingerprint density at radius 1 is 0.373 bits per heavy atom. The molecule has 4 nitrogen and oxygen atoms in total. The number of hydrogen-bond acceptors (Lipinski definition) is 10. The molecule has 0 radical (unpaired) electrons. The molecule has 0 amide bonds. The van der Waals surface area contributed by atoms with E-state index < -0.39 is 0 Å². The third-order valence-electron chi connectivity index (χ3n) is 17.7. The van der Waals surface area contributed by atoms with E-state index in [0.29, 0.717) is 9.06 Å². The smallest absolute Gasteiger partial charge is 0.147 e. The molecule has 0 spiro atoms. The minimum absolute atomic E-state index is 0.0849. The summed E-state index contributed by atoms with van der Waals surface area (Å²) in [5.74, 6) is 0. The molecule has 83 heavy (non-hydrogen) atoms. The average molecular weight is 1230 g/mol. The van der Waals surface area contributed by atoms with Crippen LogP contribution in [0, 0.1) is 45.3 Å². The van der Waals surface area contributed by atoms with Crippen LogP contribution in [-0.4, -0.2) is 0 Å². The highest BCUT2D eigenvalue weighted by molar-refractivity contribution is 7.30. The van der Waals surface area contributed by atoms with E-state index in [1.54, 1.807) is 11.3 Å². The lowest BCUT2D eigenvalue weighted by molar-refractivity contribution is 0.447. The lowest BCUT2D eigenvalue weighted by Gasteiger charge is -2.25. The molecule has 0 atom stereocenters. The molecule has 0 fully saturated rings. The van der Waals surface area contributed by atoms with Gasteiger partial charge in [-0.2, -0.15) is 21.0 Å². The zero-order chi connectivity index (χ0) is 59.5. The first-order chi connectivity index (χ1) is 40.4. The minimum atomic E-state index is -0.296. The van der Waals surface area contributed by atoms with E-state index in [0.717, 1.165) is 76.8 Å². The van der Waals surface area contributed by atoms with E-state index in [-0.39, 0.29) is 22.0 Å². The number of aryl methyl sites for hydroxylation is 2. The van der Waals surface area contributed by atoms with Gasteiger partial charge in [-0.15, -0.1) is 68.0 Å². The second kappa shape index (κ2) is 36.3.